The lowest BCUT2D eigenvalue weighted by molar-refractivity contribution is 0.124. The van der Waals surface area contributed by atoms with E-state index < -0.39 is 0 Å². The maximum absolute atomic E-state index is 5.32. The van der Waals surface area contributed by atoms with Crippen molar-refractivity contribution in [2.45, 2.75) is 32.4 Å². The van der Waals surface area contributed by atoms with Crippen LogP contribution in [0.2, 0.25) is 0 Å². The molecule has 1 saturated heterocycles. The molecule has 3 heteroatoms. The minimum absolute atomic E-state index is 0.481. The minimum Gasteiger partial charge on any atom is -0.380 e. The highest BCUT2D eigenvalue weighted by Gasteiger charge is 2.15. The molecule has 2 N–H and O–H groups in total. The third kappa shape index (κ3) is 3.52. The number of nitrogens with one attached hydrogen (secondary N) is 2. The van der Waals surface area contributed by atoms with Crippen LogP contribution in [0, 0.1) is 0 Å². The molecule has 72 valence electrons. The van der Waals surface area contributed by atoms with E-state index in [9.17, 15) is 0 Å². The average Bonchev–Trinajstić information content (AvgIpc) is 2.53. The van der Waals surface area contributed by atoms with E-state index in [4.69, 9.17) is 4.74 Å². The zero-order valence-electron chi connectivity index (χ0n) is 8.10. The van der Waals surface area contributed by atoms with Crippen molar-refractivity contribution in [1.82, 2.24) is 10.6 Å². The van der Waals surface area contributed by atoms with Gasteiger partial charge in [0.25, 0.3) is 0 Å². The van der Waals surface area contributed by atoms with E-state index in [-0.39, 0.29) is 0 Å². The Morgan fingerprint density at radius 1 is 1.67 bits per heavy atom. The molecular weight excluding hydrogens is 152 g/mol. The number of ether oxygens (including phenoxy) is 1. The summed E-state index contributed by atoms with van der Waals surface area (Å²) in [6.07, 6.45) is 1.25. The molecular formula is C9H20N2O. The molecule has 0 amide bonds. The fraction of sp³-hybridized carbons (Fsp3) is 1.00. The van der Waals surface area contributed by atoms with Crippen molar-refractivity contribution in [3.05, 3.63) is 0 Å². The van der Waals surface area contributed by atoms with Crippen LogP contribution in [0.4, 0.5) is 0 Å². The highest BCUT2D eigenvalue weighted by atomic mass is 16.5. The van der Waals surface area contributed by atoms with E-state index in [1.54, 1.807) is 0 Å². The van der Waals surface area contributed by atoms with Crippen LogP contribution < -0.4 is 10.6 Å². The van der Waals surface area contributed by atoms with Gasteiger partial charge in [0.15, 0.2) is 0 Å². The van der Waals surface area contributed by atoms with Crippen LogP contribution in [0.15, 0.2) is 0 Å². The van der Waals surface area contributed by atoms with Crippen LogP contribution in [-0.4, -0.2) is 38.4 Å². The summed E-state index contributed by atoms with van der Waals surface area (Å²) in [6.45, 7) is 8.11. The van der Waals surface area contributed by atoms with Crippen LogP contribution in [0.3, 0.4) is 0 Å². The molecule has 12 heavy (non-hydrogen) atoms. The predicted molar refractivity (Wildman–Crippen MR) is 50.4 cm³/mol. The Kier molecular flexibility index (Phi) is 4.58. The molecule has 1 fully saturated rings. The van der Waals surface area contributed by atoms with Gasteiger partial charge in [-0.2, -0.15) is 0 Å². The van der Waals surface area contributed by atoms with E-state index in [1.165, 1.54) is 6.42 Å². The average molecular weight is 172 g/mol. The first-order chi connectivity index (χ1) is 5.83. The van der Waals surface area contributed by atoms with Crippen molar-refractivity contribution in [2.75, 3.05) is 26.3 Å². The third-order valence-electron chi connectivity index (χ3n) is 2.15. The summed E-state index contributed by atoms with van der Waals surface area (Å²) in [5, 5.41) is 6.86. The molecule has 2 unspecified atom stereocenters. The Hall–Kier alpha value is -0.120. The Morgan fingerprint density at radius 2 is 2.50 bits per heavy atom. The van der Waals surface area contributed by atoms with Gasteiger partial charge in [-0.3, -0.25) is 0 Å². The molecule has 1 heterocycles. The van der Waals surface area contributed by atoms with Gasteiger partial charge < -0.3 is 15.4 Å². The first-order valence-corrected chi connectivity index (χ1v) is 4.87. The van der Waals surface area contributed by atoms with Crippen molar-refractivity contribution in [1.29, 1.82) is 0 Å². The maximum Gasteiger partial charge on any atom is 0.0616 e. The summed E-state index contributed by atoms with van der Waals surface area (Å²) in [5.41, 5.74) is 0. The highest BCUT2D eigenvalue weighted by Crippen LogP contribution is 1.98. The van der Waals surface area contributed by atoms with Crippen molar-refractivity contribution in [3.63, 3.8) is 0 Å². The first-order valence-electron chi connectivity index (χ1n) is 4.87. The second-order valence-electron chi connectivity index (χ2n) is 3.42. The van der Waals surface area contributed by atoms with Crippen molar-refractivity contribution in [3.8, 4) is 0 Å². The molecule has 1 aliphatic rings. The molecule has 0 saturated carbocycles. The molecule has 1 aliphatic heterocycles. The zero-order valence-corrected chi connectivity index (χ0v) is 8.10. The fourth-order valence-corrected chi connectivity index (χ4v) is 1.54. The molecule has 1 rings (SSSR count). The molecule has 0 aromatic rings. The van der Waals surface area contributed by atoms with Crippen LogP contribution in [0.1, 0.15) is 20.3 Å². The fourth-order valence-electron chi connectivity index (χ4n) is 1.54. The topological polar surface area (TPSA) is 33.3 Å². The van der Waals surface area contributed by atoms with E-state index in [0.29, 0.717) is 12.1 Å². The monoisotopic (exact) mass is 172 g/mol. The van der Waals surface area contributed by atoms with Gasteiger partial charge in [0.05, 0.1) is 6.61 Å². The summed E-state index contributed by atoms with van der Waals surface area (Å²) in [5.74, 6) is 0. The number of hydrogen-bond acceptors (Lipinski definition) is 3. The second-order valence-corrected chi connectivity index (χ2v) is 3.42. The van der Waals surface area contributed by atoms with E-state index in [2.05, 4.69) is 17.6 Å². The molecule has 0 aliphatic carbocycles. The summed E-state index contributed by atoms with van der Waals surface area (Å²) < 4.78 is 5.32. The van der Waals surface area contributed by atoms with Gasteiger partial charge in [-0.1, -0.05) is 0 Å². The van der Waals surface area contributed by atoms with Gasteiger partial charge in [-0.05, 0) is 26.8 Å². The quantitative estimate of drug-likeness (QED) is 0.628. The van der Waals surface area contributed by atoms with Gasteiger partial charge in [0.2, 0.25) is 0 Å². The zero-order chi connectivity index (χ0) is 8.81. The Bertz CT molecular complexity index is 113. The van der Waals surface area contributed by atoms with Gasteiger partial charge in [-0.15, -0.1) is 0 Å². The predicted octanol–water partition coefficient (Wildman–Crippen LogP) is 0.363. The molecule has 0 spiro atoms. The van der Waals surface area contributed by atoms with E-state index in [0.717, 1.165) is 26.3 Å². The largest absolute Gasteiger partial charge is 0.380 e. The lowest BCUT2D eigenvalue weighted by Crippen LogP contribution is -2.40. The SMILES string of the molecule is CCOCC(C)NC1CCNC1. The molecule has 0 radical (unpaired) electrons. The van der Waals surface area contributed by atoms with E-state index >= 15 is 0 Å². The lowest BCUT2D eigenvalue weighted by atomic mass is 10.2. The summed E-state index contributed by atoms with van der Waals surface area (Å²) >= 11 is 0. The summed E-state index contributed by atoms with van der Waals surface area (Å²) in [4.78, 5) is 0. The summed E-state index contributed by atoms with van der Waals surface area (Å²) in [7, 11) is 0. The van der Waals surface area contributed by atoms with E-state index in [1.807, 2.05) is 6.92 Å². The van der Waals surface area contributed by atoms with Crippen molar-refractivity contribution < 1.29 is 4.74 Å². The molecule has 2 atom stereocenters. The highest BCUT2D eigenvalue weighted by molar-refractivity contribution is 4.79. The molecule has 0 aromatic carbocycles. The smallest absolute Gasteiger partial charge is 0.0616 e. The number of hydrogen-bond donors (Lipinski definition) is 2. The maximum atomic E-state index is 5.32. The van der Waals surface area contributed by atoms with Crippen molar-refractivity contribution >= 4 is 0 Å². The van der Waals surface area contributed by atoms with Gasteiger partial charge in [0.1, 0.15) is 0 Å². The minimum atomic E-state index is 0.481. The molecule has 0 aromatic heterocycles. The van der Waals surface area contributed by atoms with Crippen molar-refractivity contribution in [2.24, 2.45) is 0 Å². The lowest BCUT2D eigenvalue weighted by Gasteiger charge is -2.18. The van der Waals surface area contributed by atoms with Crippen LogP contribution in [-0.2, 0) is 4.74 Å². The Morgan fingerprint density at radius 3 is 3.08 bits per heavy atom. The van der Waals surface area contributed by atoms with Gasteiger partial charge >= 0.3 is 0 Å². The van der Waals surface area contributed by atoms with Gasteiger partial charge in [0, 0.05) is 25.2 Å². The summed E-state index contributed by atoms with van der Waals surface area (Å²) in [6, 6.07) is 1.13. The first kappa shape index (κ1) is 9.96. The normalized spacial score (nSPS) is 26.0. The molecule has 0 bridgehead atoms. The van der Waals surface area contributed by atoms with Crippen LogP contribution in [0.25, 0.3) is 0 Å². The second kappa shape index (κ2) is 5.51. The Balaban J connectivity index is 2.03. The Labute approximate surface area is 74.9 Å². The van der Waals surface area contributed by atoms with Gasteiger partial charge in [-0.25, -0.2) is 0 Å². The number of rotatable bonds is 5. The van der Waals surface area contributed by atoms with Crippen LogP contribution in [0.5, 0.6) is 0 Å². The standard InChI is InChI=1S/C9H20N2O/c1-3-12-7-8(2)11-9-4-5-10-6-9/h8-11H,3-7H2,1-2H3. The third-order valence-corrected chi connectivity index (χ3v) is 2.15. The molecule has 3 nitrogen and oxygen atoms in total. The van der Waals surface area contributed by atoms with Crippen LogP contribution >= 0.6 is 0 Å².